The van der Waals surface area contributed by atoms with E-state index in [4.69, 9.17) is 0 Å². The normalized spacial score (nSPS) is 11.5. The van der Waals surface area contributed by atoms with Crippen LogP contribution in [0.1, 0.15) is 44.2 Å². The molecule has 88 valence electrons. The summed E-state index contributed by atoms with van der Waals surface area (Å²) < 4.78 is 1.19. The van der Waals surface area contributed by atoms with Crippen molar-refractivity contribution in [2.45, 2.75) is 45.4 Å². The second-order valence-electron chi connectivity index (χ2n) is 4.44. The van der Waals surface area contributed by atoms with Crippen LogP contribution in [0.3, 0.4) is 0 Å². The third-order valence-electron chi connectivity index (χ3n) is 3.66. The number of hydrogen-bond acceptors (Lipinski definition) is 0. The fraction of sp³-hybridized carbons (Fsp3) is 0.467. The molecule has 0 aliphatic heterocycles. The summed E-state index contributed by atoms with van der Waals surface area (Å²) in [6, 6.07) is 6.71. The minimum Gasteiger partial charge on any atom is -0.103 e. The second-order valence-corrected chi connectivity index (χ2v) is 5.30. The molecule has 0 aromatic heterocycles. The van der Waals surface area contributed by atoms with Crippen LogP contribution in [-0.2, 0) is 5.41 Å². The Morgan fingerprint density at radius 3 is 2.38 bits per heavy atom. The molecule has 1 heteroatoms. The van der Waals surface area contributed by atoms with Crippen LogP contribution in [0.25, 0.3) is 0 Å². The number of hydrogen-bond donors (Lipinski definition) is 0. The maximum atomic E-state index is 3.90. The van der Waals surface area contributed by atoms with Crippen LogP contribution in [0.15, 0.2) is 35.3 Å². The van der Waals surface area contributed by atoms with E-state index in [1.165, 1.54) is 15.6 Å². The van der Waals surface area contributed by atoms with E-state index in [-0.39, 0.29) is 5.41 Å². The van der Waals surface area contributed by atoms with Gasteiger partial charge in [0, 0.05) is 4.47 Å². The Balaban J connectivity index is 3.19. The van der Waals surface area contributed by atoms with Gasteiger partial charge >= 0.3 is 0 Å². The zero-order valence-corrected chi connectivity index (χ0v) is 12.1. The van der Waals surface area contributed by atoms with Crippen molar-refractivity contribution in [3.05, 3.63) is 46.5 Å². The molecule has 16 heavy (non-hydrogen) atoms. The Bertz CT molecular complexity index is 362. The smallest absolute Gasteiger partial charge is 0.0204 e. The van der Waals surface area contributed by atoms with E-state index in [9.17, 15) is 0 Å². The zero-order chi connectivity index (χ0) is 12.2. The lowest BCUT2D eigenvalue weighted by molar-refractivity contribution is 0.400. The topological polar surface area (TPSA) is 0 Å². The monoisotopic (exact) mass is 280 g/mol. The lowest BCUT2D eigenvalue weighted by Crippen LogP contribution is -2.23. The van der Waals surface area contributed by atoms with Crippen molar-refractivity contribution >= 4 is 15.9 Å². The fourth-order valence-corrected chi connectivity index (χ4v) is 2.56. The molecule has 0 fully saturated rings. The predicted molar refractivity (Wildman–Crippen MR) is 76.0 cm³/mol. The molecule has 0 radical (unpaired) electrons. The third kappa shape index (κ3) is 2.57. The minimum atomic E-state index is 0.271. The molecule has 0 saturated carbocycles. The Kier molecular flexibility index (Phi) is 4.79. The van der Waals surface area contributed by atoms with Crippen LogP contribution in [0.4, 0.5) is 0 Å². The Labute approximate surface area is 108 Å². The summed E-state index contributed by atoms with van der Waals surface area (Å²) in [5.74, 6) is 0. The van der Waals surface area contributed by atoms with Gasteiger partial charge in [0.2, 0.25) is 0 Å². The number of allylic oxidation sites excluding steroid dienone is 1. The summed E-state index contributed by atoms with van der Waals surface area (Å²) in [5.41, 5.74) is 3.03. The molecule has 1 aromatic carbocycles. The second kappa shape index (κ2) is 5.67. The molecule has 1 aromatic rings. The van der Waals surface area contributed by atoms with Crippen molar-refractivity contribution < 1.29 is 0 Å². The van der Waals surface area contributed by atoms with Crippen molar-refractivity contribution in [3.8, 4) is 0 Å². The van der Waals surface area contributed by atoms with Gasteiger partial charge in [0.15, 0.2) is 0 Å². The van der Waals surface area contributed by atoms with Gasteiger partial charge in [-0.3, -0.25) is 0 Å². The summed E-state index contributed by atoms with van der Waals surface area (Å²) in [7, 11) is 0. The maximum absolute atomic E-state index is 3.90. The average Bonchev–Trinajstić information content (AvgIpc) is 2.30. The largest absolute Gasteiger partial charge is 0.103 e. The van der Waals surface area contributed by atoms with E-state index < -0.39 is 0 Å². The molecule has 0 heterocycles. The van der Waals surface area contributed by atoms with E-state index in [0.29, 0.717) is 0 Å². The average molecular weight is 281 g/mol. The summed E-state index contributed by atoms with van der Waals surface area (Å²) in [5, 5.41) is 0. The number of halogens is 1. The molecule has 1 rings (SSSR count). The van der Waals surface area contributed by atoms with Gasteiger partial charge in [0.1, 0.15) is 0 Å². The van der Waals surface area contributed by atoms with Crippen molar-refractivity contribution in [1.29, 1.82) is 0 Å². The van der Waals surface area contributed by atoms with Gasteiger partial charge in [-0.1, -0.05) is 48.0 Å². The standard InChI is InChI=1S/C15H21Br/c1-5-10-15(6-2,7-3)13-8-9-14(16)12(4)11-13/h5,8-9,11H,1,6-7,10H2,2-4H3. The van der Waals surface area contributed by atoms with Crippen LogP contribution in [0, 0.1) is 6.92 Å². The molecule has 0 spiro atoms. The van der Waals surface area contributed by atoms with Gasteiger partial charge in [0.05, 0.1) is 0 Å². The van der Waals surface area contributed by atoms with Crippen LogP contribution >= 0.6 is 15.9 Å². The highest BCUT2D eigenvalue weighted by Crippen LogP contribution is 2.36. The maximum Gasteiger partial charge on any atom is 0.0204 e. The number of benzene rings is 1. The van der Waals surface area contributed by atoms with Crippen LogP contribution in [0.2, 0.25) is 0 Å². The molecule has 0 atom stereocenters. The molecular formula is C15H21Br. The van der Waals surface area contributed by atoms with Crippen molar-refractivity contribution in [3.63, 3.8) is 0 Å². The summed E-state index contributed by atoms with van der Waals surface area (Å²) in [4.78, 5) is 0. The summed E-state index contributed by atoms with van der Waals surface area (Å²) >= 11 is 3.56. The first-order valence-electron chi connectivity index (χ1n) is 5.97. The third-order valence-corrected chi connectivity index (χ3v) is 4.55. The van der Waals surface area contributed by atoms with E-state index in [2.05, 4.69) is 61.5 Å². The lowest BCUT2D eigenvalue weighted by Gasteiger charge is -2.31. The number of rotatable bonds is 5. The lowest BCUT2D eigenvalue weighted by atomic mass is 9.73. The van der Waals surface area contributed by atoms with Crippen LogP contribution < -0.4 is 0 Å². The fourth-order valence-electron chi connectivity index (χ4n) is 2.32. The highest BCUT2D eigenvalue weighted by Gasteiger charge is 2.26. The first-order chi connectivity index (χ1) is 7.59. The summed E-state index contributed by atoms with van der Waals surface area (Å²) in [6.07, 6.45) is 5.43. The minimum absolute atomic E-state index is 0.271. The highest BCUT2D eigenvalue weighted by atomic mass is 79.9. The Hall–Kier alpha value is -0.560. The van der Waals surface area contributed by atoms with Gasteiger partial charge in [0.25, 0.3) is 0 Å². The summed E-state index contributed by atoms with van der Waals surface area (Å²) in [6.45, 7) is 10.6. The van der Waals surface area contributed by atoms with E-state index in [0.717, 1.165) is 19.3 Å². The molecule has 0 unspecified atom stereocenters. The Morgan fingerprint density at radius 2 is 1.94 bits per heavy atom. The molecule has 0 nitrogen and oxygen atoms in total. The van der Waals surface area contributed by atoms with E-state index >= 15 is 0 Å². The van der Waals surface area contributed by atoms with Crippen molar-refractivity contribution in [1.82, 2.24) is 0 Å². The SMILES string of the molecule is C=CCC(CC)(CC)c1ccc(Br)c(C)c1. The zero-order valence-electron chi connectivity index (χ0n) is 10.5. The molecule has 0 aliphatic carbocycles. The quantitative estimate of drug-likeness (QED) is 0.635. The van der Waals surface area contributed by atoms with E-state index in [1.807, 2.05) is 6.08 Å². The molecule has 0 bridgehead atoms. The predicted octanol–water partition coefficient (Wildman–Crippen LogP) is 5.39. The molecule has 0 saturated heterocycles. The molecule has 0 N–H and O–H groups in total. The van der Waals surface area contributed by atoms with Crippen LogP contribution in [0.5, 0.6) is 0 Å². The molecule has 0 amide bonds. The van der Waals surface area contributed by atoms with Gasteiger partial charge in [-0.15, -0.1) is 6.58 Å². The van der Waals surface area contributed by atoms with Gasteiger partial charge in [-0.05, 0) is 48.8 Å². The van der Waals surface area contributed by atoms with Gasteiger partial charge < -0.3 is 0 Å². The first-order valence-corrected chi connectivity index (χ1v) is 6.76. The van der Waals surface area contributed by atoms with E-state index in [1.54, 1.807) is 0 Å². The van der Waals surface area contributed by atoms with Crippen molar-refractivity contribution in [2.24, 2.45) is 0 Å². The van der Waals surface area contributed by atoms with Crippen molar-refractivity contribution in [2.75, 3.05) is 0 Å². The highest BCUT2D eigenvalue weighted by molar-refractivity contribution is 9.10. The van der Waals surface area contributed by atoms with Gasteiger partial charge in [-0.2, -0.15) is 0 Å². The molecule has 0 aliphatic rings. The number of aryl methyl sites for hydroxylation is 1. The Morgan fingerprint density at radius 1 is 1.31 bits per heavy atom. The van der Waals surface area contributed by atoms with Crippen LogP contribution in [-0.4, -0.2) is 0 Å². The molecular weight excluding hydrogens is 260 g/mol. The first kappa shape index (κ1) is 13.5. The van der Waals surface area contributed by atoms with Gasteiger partial charge in [-0.25, -0.2) is 0 Å².